The van der Waals surface area contributed by atoms with Gasteiger partial charge in [0.25, 0.3) is 17.7 Å². The van der Waals surface area contributed by atoms with Crippen LogP contribution in [-0.4, -0.2) is 41.2 Å². The molecule has 1 heterocycles. The SMILES string of the molecule is CC(C)C[C@@H](C(=O)OCC(=O)Nc1ccc(Cl)cc1)N1C(=O)c2ccccc2C1=O. The number of esters is 1. The van der Waals surface area contributed by atoms with Crippen molar-refractivity contribution in [1.82, 2.24) is 4.90 Å². The Balaban J connectivity index is 1.69. The monoisotopic (exact) mass is 428 g/mol. The van der Waals surface area contributed by atoms with Crippen molar-refractivity contribution >= 4 is 41.0 Å². The average Bonchev–Trinajstić information content (AvgIpc) is 2.97. The number of nitrogens with zero attached hydrogens (tertiary/aromatic N) is 1. The summed E-state index contributed by atoms with van der Waals surface area (Å²) in [4.78, 5) is 51.3. The Kier molecular flexibility index (Phi) is 6.52. The van der Waals surface area contributed by atoms with Crippen molar-refractivity contribution in [1.29, 1.82) is 0 Å². The number of anilines is 1. The molecule has 0 bridgehead atoms. The second kappa shape index (κ2) is 9.09. The molecule has 1 atom stereocenters. The van der Waals surface area contributed by atoms with E-state index in [1.54, 1.807) is 48.5 Å². The number of benzene rings is 2. The minimum Gasteiger partial charge on any atom is -0.454 e. The predicted molar refractivity (Wildman–Crippen MR) is 111 cm³/mol. The number of carbonyl (C=O) groups is 4. The predicted octanol–water partition coefficient (Wildman–Crippen LogP) is 3.53. The third kappa shape index (κ3) is 4.68. The Hall–Kier alpha value is -3.19. The number of halogens is 1. The Morgan fingerprint density at radius 3 is 2.10 bits per heavy atom. The van der Waals surface area contributed by atoms with Crippen LogP contribution in [0.2, 0.25) is 5.02 Å². The van der Waals surface area contributed by atoms with Crippen molar-refractivity contribution in [2.24, 2.45) is 5.92 Å². The lowest BCUT2D eigenvalue weighted by Gasteiger charge is -2.25. The molecule has 0 unspecified atom stereocenters. The molecule has 156 valence electrons. The summed E-state index contributed by atoms with van der Waals surface area (Å²) in [5, 5.41) is 3.11. The highest BCUT2D eigenvalue weighted by Crippen LogP contribution is 2.27. The number of fused-ring (bicyclic) bond motifs is 1. The molecule has 3 rings (SSSR count). The minimum atomic E-state index is -1.11. The van der Waals surface area contributed by atoms with Crippen molar-refractivity contribution in [3.05, 3.63) is 64.7 Å². The molecule has 0 spiro atoms. The molecule has 0 saturated heterocycles. The number of ether oxygens (including phenoxy) is 1. The summed E-state index contributed by atoms with van der Waals surface area (Å²) in [5.41, 5.74) is 1.01. The van der Waals surface area contributed by atoms with Gasteiger partial charge >= 0.3 is 5.97 Å². The molecule has 2 aromatic rings. The molecular formula is C22H21ClN2O5. The summed E-state index contributed by atoms with van der Waals surface area (Å²) in [7, 11) is 0. The molecule has 2 aromatic carbocycles. The highest BCUT2D eigenvalue weighted by atomic mass is 35.5. The molecule has 0 aliphatic carbocycles. The Morgan fingerprint density at radius 2 is 1.57 bits per heavy atom. The first-order valence-corrected chi connectivity index (χ1v) is 9.84. The number of hydrogen-bond acceptors (Lipinski definition) is 5. The van der Waals surface area contributed by atoms with Crippen molar-refractivity contribution in [2.75, 3.05) is 11.9 Å². The van der Waals surface area contributed by atoms with Crippen LogP contribution in [0.15, 0.2) is 48.5 Å². The molecular weight excluding hydrogens is 408 g/mol. The standard InChI is InChI=1S/C22H21ClN2O5/c1-13(2)11-18(25-20(27)16-5-3-4-6-17(16)21(25)28)22(29)30-12-19(26)24-15-9-7-14(23)8-10-15/h3-10,13,18H,11-12H2,1-2H3,(H,24,26)/t18-/m0/s1. The third-order valence-corrected chi connectivity index (χ3v) is 4.83. The van der Waals surface area contributed by atoms with E-state index >= 15 is 0 Å². The van der Waals surface area contributed by atoms with Gasteiger partial charge < -0.3 is 10.1 Å². The van der Waals surface area contributed by atoms with Crippen LogP contribution in [0.3, 0.4) is 0 Å². The largest absolute Gasteiger partial charge is 0.454 e. The second-order valence-corrected chi connectivity index (χ2v) is 7.77. The first-order valence-electron chi connectivity index (χ1n) is 9.47. The van der Waals surface area contributed by atoms with Gasteiger partial charge in [-0.25, -0.2) is 4.79 Å². The van der Waals surface area contributed by atoms with E-state index in [-0.39, 0.29) is 23.5 Å². The van der Waals surface area contributed by atoms with Gasteiger partial charge in [-0.05, 0) is 48.7 Å². The first kappa shape index (κ1) is 21.5. The lowest BCUT2D eigenvalue weighted by Crippen LogP contribution is -2.46. The molecule has 30 heavy (non-hydrogen) atoms. The van der Waals surface area contributed by atoms with Gasteiger partial charge in [0, 0.05) is 10.7 Å². The average molecular weight is 429 g/mol. The lowest BCUT2D eigenvalue weighted by molar-refractivity contribution is -0.151. The first-order chi connectivity index (χ1) is 14.3. The maximum Gasteiger partial charge on any atom is 0.329 e. The fraction of sp³-hybridized carbons (Fsp3) is 0.273. The van der Waals surface area contributed by atoms with Crippen LogP contribution in [0.5, 0.6) is 0 Å². The van der Waals surface area contributed by atoms with Crippen LogP contribution < -0.4 is 5.32 Å². The summed E-state index contributed by atoms with van der Waals surface area (Å²) in [6.45, 7) is 3.19. The quantitative estimate of drug-likeness (QED) is 0.538. The van der Waals surface area contributed by atoms with Gasteiger partial charge in [0.2, 0.25) is 0 Å². The van der Waals surface area contributed by atoms with E-state index < -0.39 is 36.3 Å². The molecule has 0 fully saturated rings. The molecule has 0 radical (unpaired) electrons. The van der Waals surface area contributed by atoms with Gasteiger partial charge in [-0.2, -0.15) is 0 Å². The van der Waals surface area contributed by atoms with Crippen molar-refractivity contribution in [3.8, 4) is 0 Å². The summed E-state index contributed by atoms with van der Waals surface area (Å²) >= 11 is 5.80. The van der Waals surface area contributed by atoms with Crippen LogP contribution in [0.25, 0.3) is 0 Å². The number of amides is 3. The number of hydrogen-bond donors (Lipinski definition) is 1. The van der Waals surface area contributed by atoms with Gasteiger partial charge in [0.1, 0.15) is 6.04 Å². The molecule has 0 saturated carbocycles. The lowest BCUT2D eigenvalue weighted by atomic mass is 10.0. The number of carbonyl (C=O) groups excluding carboxylic acids is 4. The van der Waals surface area contributed by atoms with Crippen molar-refractivity contribution < 1.29 is 23.9 Å². The van der Waals surface area contributed by atoms with Gasteiger partial charge in [0.05, 0.1) is 11.1 Å². The maximum absolute atomic E-state index is 12.7. The number of imide groups is 1. The van der Waals surface area contributed by atoms with Crippen LogP contribution in [0.1, 0.15) is 41.0 Å². The molecule has 1 aliphatic rings. The topological polar surface area (TPSA) is 92.8 Å². The van der Waals surface area contributed by atoms with E-state index in [0.29, 0.717) is 10.7 Å². The summed E-state index contributed by atoms with van der Waals surface area (Å²) in [5.74, 6) is -2.41. The van der Waals surface area contributed by atoms with E-state index in [4.69, 9.17) is 16.3 Å². The van der Waals surface area contributed by atoms with Crippen molar-refractivity contribution in [2.45, 2.75) is 26.3 Å². The highest BCUT2D eigenvalue weighted by Gasteiger charge is 2.43. The zero-order valence-corrected chi connectivity index (χ0v) is 17.3. The Bertz CT molecular complexity index is 952. The summed E-state index contributed by atoms with van der Waals surface area (Å²) < 4.78 is 5.15. The van der Waals surface area contributed by atoms with Crippen molar-refractivity contribution in [3.63, 3.8) is 0 Å². The maximum atomic E-state index is 12.7. The zero-order valence-electron chi connectivity index (χ0n) is 16.6. The number of nitrogens with one attached hydrogen (secondary N) is 1. The van der Waals surface area contributed by atoms with E-state index in [9.17, 15) is 19.2 Å². The van der Waals surface area contributed by atoms with E-state index in [1.165, 1.54) is 0 Å². The van der Waals surface area contributed by atoms with Gasteiger partial charge in [-0.1, -0.05) is 37.6 Å². The fourth-order valence-corrected chi connectivity index (χ4v) is 3.33. The molecule has 1 N–H and O–H groups in total. The zero-order chi connectivity index (χ0) is 21.8. The molecule has 8 heteroatoms. The smallest absolute Gasteiger partial charge is 0.329 e. The molecule has 1 aliphatic heterocycles. The van der Waals surface area contributed by atoms with E-state index in [2.05, 4.69) is 5.32 Å². The van der Waals surface area contributed by atoms with Gasteiger partial charge in [-0.3, -0.25) is 19.3 Å². The molecule has 0 aromatic heterocycles. The van der Waals surface area contributed by atoms with Gasteiger partial charge in [-0.15, -0.1) is 0 Å². The minimum absolute atomic E-state index is 0.00903. The van der Waals surface area contributed by atoms with Crippen LogP contribution >= 0.6 is 11.6 Å². The Labute approximate surface area is 179 Å². The van der Waals surface area contributed by atoms with E-state index in [1.807, 2.05) is 13.8 Å². The molecule has 3 amide bonds. The third-order valence-electron chi connectivity index (χ3n) is 4.58. The normalized spacial score (nSPS) is 13.9. The van der Waals surface area contributed by atoms with Crippen LogP contribution in [0.4, 0.5) is 5.69 Å². The fourth-order valence-electron chi connectivity index (χ4n) is 3.21. The van der Waals surface area contributed by atoms with Gasteiger partial charge in [0.15, 0.2) is 6.61 Å². The van der Waals surface area contributed by atoms with Crippen LogP contribution in [-0.2, 0) is 14.3 Å². The number of rotatable bonds is 7. The van der Waals surface area contributed by atoms with E-state index in [0.717, 1.165) is 4.90 Å². The highest BCUT2D eigenvalue weighted by molar-refractivity contribution is 6.30. The summed E-state index contributed by atoms with van der Waals surface area (Å²) in [6.07, 6.45) is 0.225. The summed E-state index contributed by atoms with van der Waals surface area (Å²) in [6, 6.07) is 11.8. The second-order valence-electron chi connectivity index (χ2n) is 7.33. The molecule has 7 nitrogen and oxygen atoms in total. The van der Waals surface area contributed by atoms with Crippen LogP contribution in [0, 0.1) is 5.92 Å². The Morgan fingerprint density at radius 1 is 1.00 bits per heavy atom.